The quantitative estimate of drug-likeness (QED) is 0.895. The number of para-hydroxylation sites is 1. The molecule has 6 heteroatoms. The third-order valence-electron chi connectivity index (χ3n) is 3.50. The van der Waals surface area contributed by atoms with E-state index in [0.29, 0.717) is 23.5 Å². The number of benzene rings is 1. The van der Waals surface area contributed by atoms with Gasteiger partial charge in [-0.3, -0.25) is 14.8 Å². The highest BCUT2D eigenvalue weighted by molar-refractivity contribution is 6.04. The van der Waals surface area contributed by atoms with E-state index in [1.807, 2.05) is 12.1 Å². The maximum absolute atomic E-state index is 12.3. The standard InChI is InChI=1S/C14H16N4O.ClH/c15-8-12(9-4-5-9)18-14(19)10-2-1-3-11-13(10)17-7-6-16-11;/h1-3,6-7,9,12H,4-5,8,15H2,(H,18,19);1H. The number of nitrogens with zero attached hydrogens (tertiary/aromatic N) is 2. The number of nitrogens with two attached hydrogens (primary N) is 1. The Hall–Kier alpha value is -1.72. The lowest BCUT2D eigenvalue weighted by atomic mass is 10.1. The molecule has 1 aliphatic carbocycles. The van der Waals surface area contributed by atoms with Crippen LogP contribution < -0.4 is 11.1 Å². The van der Waals surface area contributed by atoms with E-state index < -0.39 is 0 Å². The minimum absolute atomic E-state index is 0. The fourth-order valence-corrected chi connectivity index (χ4v) is 2.29. The highest BCUT2D eigenvalue weighted by atomic mass is 35.5. The van der Waals surface area contributed by atoms with Crippen molar-refractivity contribution in [1.82, 2.24) is 15.3 Å². The van der Waals surface area contributed by atoms with E-state index in [9.17, 15) is 4.79 Å². The second-order valence-electron chi connectivity index (χ2n) is 4.88. The number of carbonyl (C=O) groups is 1. The summed E-state index contributed by atoms with van der Waals surface area (Å²) in [5.74, 6) is 0.420. The van der Waals surface area contributed by atoms with Crippen LogP contribution in [0.15, 0.2) is 30.6 Å². The van der Waals surface area contributed by atoms with Gasteiger partial charge < -0.3 is 11.1 Å². The van der Waals surface area contributed by atoms with Gasteiger partial charge in [-0.2, -0.15) is 0 Å². The molecule has 1 aromatic carbocycles. The molecule has 1 unspecified atom stereocenters. The van der Waals surface area contributed by atoms with E-state index >= 15 is 0 Å². The Balaban J connectivity index is 0.00000147. The number of rotatable bonds is 4. The first-order valence-corrected chi connectivity index (χ1v) is 6.50. The van der Waals surface area contributed by atoms with E-state index in [0.717, 1.165) is 18.4 Å². The van der Waals surface area contributed by atoms with Crippen molar-refractivity contribution in [2.75, 3.05) is 6.54 Å². The predicted octanol–water partition coefficient (Wildman–Crippen LogP) is 1.52. The molecule has 1 saturated carbocycles. The molecular formula is C14H17ClN4O. The van der Waals surface area contributed by atoms with E-state index in [2.05, 4.69) is 15.3 Å². The molecule has 3 N–H and O–H groups in total. The van der Waals surface area contributed by atoms with Gasteiger partial charge in [-0.05, 0) is 30.9 Å². The second kappa shape index (κ2) is 6.15. The van der Waals surface area contributed by atoms with Crippen LogP contribution in [0.1, 0.15) is 23.2 Å². The Kier molecular flexibility index (Phi) is 4.52. The van der Waals surface area contributed by atoms with Gasteiger partial charge in [0.15, 0.2) is 0 Å². The van der Waals surface area contributed by atoms with Crippen molar-refractivity contribution in [2.45, 2.75) is 18.9 Å². The number of fused-ring (bicyclic) bond motifs is 1. The maximum Gasteiger partial charge on any atom is 0.253 e. The van der Waals surface area contributed by atoms with Gasteiger partial charge >= 0.3 is 0 Å². The molecule has 20 heavy (non-hydrogen) atoms. The van der Waals surface area contributed by atoms with Gasteiger partial charge in [0.1, 0.15) is 5.52 Å². The van der Waals surface area contributed by atoms with E-state index in [-0.39, 0.29) is 24.4 Å². The number of hydrogen-bond acceptors (Lipinski definition) is 4. The number of hydrogen-bond donors (Lipinski definition) is 2. The molecule has 0 saturated heterocycles. The van der Waals surface area contributed by atoms with Crippen LogP contribution in [0.2, 0.25) is 0 Å². The normalized spacial score (nSPS) is 15.4. The molecule has 0 radical (unpaired) electrons. The zero-order chi connectivity index (χ0) is 13.2. The Bertz CT molecular complexity index is 610. The monoisotopic (exact) mass is 292 g/mol. The predicted molar refractivity (Wildman–Crippen MR) is 79.8 cm³/mol. The SMILES string of the molecule is Cl.NCC(NC(=O)c1cccc2nccnc12)C1CC1. The van der Waals surface area contributed by atoms with Crippen LogP contribution >= 0.6 is 12.4 Å². The van der Waals surface area contributed by atoms with Crippen LogP contribution in [-0.2, 0) is 0 Å². The van der Waals surface area contributed by atoms with Crippen LogP contribution in [0.4, 0.5) is 0 Å². The molecule has 0 aliphatic heterocycles. The van der Waals surface area contributed by atoms with Crippen LogP contribution in [0.25, 0.3) is 11.0 Å². The average molecular weight is 293 g/mol. The van der Waals surface area contributed by atoms with Crippen molar-refractivity contribution in [3.05, 3.63) is 36.2 Å². The molecule has 1 aliphatic rings. The molecule has 5 nitrogen and oxygen atoms in total. The third-order valence-corrected chi connectivity index (χ3v) is 3.50. The molecule has 3 rings (SSSR count). The Morgan fingerprint density at radius 3 is 2.80 bits per heavy atom. The van der Waals surface area contributed by atoms with Gasteiger partial charge in [0.2, 0.25) is 0 Å². The molecule has 1 atom stereocenters. The minimum Gasteiger partial charge on any atom is -0.348 e. The van der Waals surface area contributed by atoms with E-state index in [1.165, 1.54) is 0 Å². The highest BCUT2D eigenvalue weighted by Gasteiger charge is 2.31. The third kappa shape index (κ3) is 2.89. The molecule has 1 heterocycles. The van der Waals surface area contributed by atoms with E-state index in [1.54, 1.807) is 18.5 Å². The van der Waals surface area contributed by atoms with Crippen LogP contribution in [0, 0.1) is 5.92 Å². The van der Waals surface area contributed by atoms with Crippen molar-refractivity contribution in [3.8, 4) is 0 Å². The van der Waals surface area contributed by atoms with Gasteiger partial charge in [-0.1, -0.05) is 6.07 Å². The Labute approximate surface area is 123 Å². The maximum atomic E-state index is 12.3. The zero-order valence-electron chi connectivity index (χ0n) is 11.0. The Morgan fingerprint density at radius 2 is 2.10 bits per heavy atom. The van der Waals surface area contributed by atoms with Crippen molar-refractivity contribution >= 4 is 29.3 Å². The fraction of sp³-hybridized carbons (Fsp3) is 0.357. The van der Waals surface area contributed by atoms with Crippen LogP contribution in [0.3, 0.4) is 0 Å². The number of carbonyl (C=O) groups excluding carboxylic acids is 1. The van der Waals surface area contributed by atoms with Crippen molar-refractivity contribution in [2.24, 2.45) is 11.7 Å². The van der Waals surface area contributed by atoms with Crippen molar-refractivity contribution in [1.29, 1.82) is 0 Å². The van der Waals surface area contributed by atoms with Gasteiger partial charge in [-0.15, -0.1) is 12.4 Å². The first-order valence-electron chi connectivity index (χ1n) is 6.50. The summed E-state index contributed by atoms with van der Waals surface area (Å²) < 4.78 is 0. The lowest BCUT2D eigenvalue weighted by molar-refractivity contribution is 0.0935. The van der Waals surface area contributed by atoms with Gasteiger partial charge in [0.05, 0.1) is 11.1 Å². The van der Waals surface area contributed by atoms with Gasteiger partial charge in [0.25, 0.3) is 5.91 Å². The summed E-state index contributed by atoms with van der Waals surface area (Å²) in [4.78, 5) is 20.8. The summed E-state index contributed by atoms with van der Waals surface area (Å²) in [6, 6.07) is 5.51. The second-order valence-corrected chi connectivity index (χ2v) is 4.88. The zero-order valence-corrected chi connectivity index (χ0v) is 11.8. The largest absolute Gasteiger partial charge is 0.348 e. The van der Waals surface area contributed by atoms with Crippen LogP contribution in [0.5, 0.6) is 0 Å². The summed E-state index contributed by atoms with van der Waals surface area (Å²) in [5.41, 5.74) is 7.63. The first-order chi connectivity index (χ1) is 9.29. The number of halogens is 1. The fourth-order valence-electron chi connectivity index (χ4n) is 2.29. The number of amides is 1. The molecule has 1 fully saturated rings. The van der Waals surface area contributed by atoms with Gasteiger partial charge in [-0.25, -0.2) is 0 Å². The molecule has 2 aromatic rings. The van der Waals surface area contributed by atoms with Crippen LogP contribution in [-0.4, -0.2) is 28.5 Å². The molecule has 1 aromatic heterocycles. The van der Waals surface area contributed by atoms with E-state index in [4.69, 9.17) is 5.73 Å². The Morgan fingerprint density at radius 1 is 1.35 bits per heavy atom. The molecule has 106 valence electrons. The molecule has 1 amide bonds. The topological polar surface area (TPSA) is 80.9 Å². The first kappa shape index (κ1) is 14.7. The van der Waals surface area contributed by atoms with Crippen molar-refractivity contribution in [3.63, 3.8) is 0 Å². The molecule has 0 spiro atoms. The molecule has 0 bridgehead atoms. The average Bonchev–Trinajstić information content (AvgIpc) is 3.28. The summed E-state index contributed by atoms with van der Waals surface area (Å²) in [6.07, 6.45) is 5.52. The lowest BCUT2D eigenvalue weighted by Gasteiger charge is -2.16. The molecular weight excluding hydrogens is 276 g/mol. The summed E-state index contributed by atoms with van der Waals surface area (Å²) in [6.45, 7) is 0.479. The minimum atomic E-state index is -0.117. The summed E-state index contributed by atoms with van der Waals surface area (Å²) in [5, 5.41) is 3.01. The number of nitrogens with one attached hydrogen (secondary N) is 1. The smallest absolute Gasteiger partial charge is 0.253 e. The van der Waals surface area contributed by atoms with Crippen molar-refractivity contribution < 1.29 is 4.79 Å². The summed E-state index contributed by atoms with van der Waals surface area (Å²) in [7, 11) is 0. The number of aromatic nitrogens is 2. The summed E-state index contributed by atoms with van der Waals surface area (Å²) >= 11 is 0. The lowest BCUT2D eigenvalue weighted by Crippen LogP contribution is -2.41. The highest BCUT2D eigenvalue weighted by Crippen LogP contribution is 2.32. The van der Waals surface area contributed by atoms with Gasteiger partial charge in [0, 0.05) is 25.0 Å².